The van der Waals surface area contributed by atoms with E-state index in [2.05, 4.69) is 4.90 Å². The minimum atomic E-state index is -1.04. The first-order valence-electron chi connectivity index (χ1n) is 7.82. The van der Waals surface area contributed by atoms with E-state index >= 15 is 0 Å². The second kappa shape index (κ2) is 7.05. The van der Waals surface area contributed by atoms with Crippen molar-refractivity contribution in [2.75, 3.05) is 37.3 Å². The van der Waals surface area contributed by atoms with Gasteiger partial charge in [-0.25, -0.2) is 0 Å². The third kappa shape index (κ3) is 3.43. The number of nitrogens with zero attached hydrogens (tertiary/aromatic N) is 2. The van der Waals surface area contributed by atoms with E-state index in [1.54, 1.807) is 42.7 Å². The highest BCUT2D eigenvalue weighted by molar-refractivity contribution is 7.84. The van der Waals surface area contributed by atoms with Crippen molar-refractivity contribution < 1.29 is 14.1 Å². The van der Waals surface area contributed by atoms with Crippen LogP contribution >= 0.6 is 0 Å². The summed E-state index contributed by atoms with van der Waals surface area (Å²) >= 11 is 0. The smallest absolute Gasteiger partial charge is 0.253 e. The summed E-state index contributed by atoms with van der Waals surface area (Å²) < 4.78 is 11.4. The van der Waals surface area contributed by atoms with Crippen LogP contribution in [0.4, 0.5) is 5.69 Å². The molecule has 1 aliphatic heterocycles. The number of carbonyl (C=O) groups excluding carboxylic acids is 1. The normalized spacial score (nSPS) is 16.0. The van der Waals surface area contributed by atoms with E-state index in [0.717, 1.165) is 10.6 Å². The first-order chi connectivity index (χ1) is 11.6. The van der Waals surface area contributed by atoms with Crippen LogP contribution in [0.5, 0.6) is 5.75 Å². The molecule has 5 nitrogen and oxygen atoms in total. The zero-order chi connectivity index (χ0) is 17.1. The van der Waals surface area contributed by atoms with Crippen molar-refractivity contribution in [3.8, 4) is 5.75 Å². The standard InChI is InChI=1S/C18H20N2O3S/c1-24(23)15-8-6-14(7-9-15)18(22)20-12-10-19(11-13-20)16-4-2-3-5-17(16)21/h2-9,21H,10-13H2,1H3. The molecule has 2 aromatic carbocycles. The molecule has 3 rings (SSSR count). The van der Waals surface area contributed by atoms with Crippen molar-refractivity contribution >= 4 is 22.4 Å². The van der Waals surface area contributed by atoms with Crippen LogP contribution < -0.4 is 4.90 Å². The Morgan fingerprint density at radius 1 is 1.00 bits per heavy atom. The number of benzene rings is 2. The van der Waals surface area contributed by atoms with Gasteiger partial charge in [0.15, 0.2) is 0 Å². The van der Waals surface area contributed by atoms with Crippen molar-refractivity contribution in [1.29, 1.82) is 0 Å². The van der Waals surface area contributed by atoms with Gasteiger partial charge in [0.2, 0.25) is 0 Å². The van der Waals surface area contributed by atoms with Crippen LogP contribution in [0.2, 0.25) is 0 Å². The largest absolute Gasteiger partial charge is 0.506 e. The van der Waals surface area contributed by atoms with Gasteiger partial charge < -0.3 is 14.9 Å². The number of hydrogen-bond donors (Lipinski definition) is 1. The van der Waals surface area contributed by atoms with E-state index in [1.165, 1.54) is 0 Å². The molecular weight excluding hydrogens is 324 g/mol. The number of phenols is 1. The maximum absolute atomic E-state index is 12.6. The fourth-order valence-electron chi connectivity index (χ4n) is 2.85. The minimum absolute atomic E-state index is 0.0135. The van der Waals surface area contributed by atoms with Gasteiger partial charge in [0, 0.05) is 53.7 Å². The summed E-state index contributed by atoms with van der Waals surface area (Å²) in [6.07, 6.45) is 1.62. The van der Waals surface area contributed by atoms with Gasteiger partial charge in [-0.2, -0.15) is 0 Å². The Balaban J connectivity index is 1.65. The van der Waals surface area contributed by atoms with E-state index in [1.807, 2.05) is 17.0 Å². The summed E-state index contributed by atoms with van der Waals surface area (Å²) in [6.45, 7) is 2.57. The van der Waals surface area contributed by atoms with Crippen LogP contribution in [-0.2, 0) is 10.8 Å². The molecule has 0 aromatic heterocycles. The van der Waals surface area contributed by atoms with Gasteiger partial charge in [-0.15, -0.1) is 0 Å². The minimum Gasteiger partial charge on any atom is -0.506 e. The third-order valence-corrected chi connectivity index (χ3v) is 5.16. The highest BCUT2D eigenvalue weighted by Crippen LogP contribution is 2.27. The molecule has 126 valence electrons. The monoisotopic (exact) mass is 344 g/mol. The average molecular weight is 344 g/mol. The molecule has 2 aromatic rings. The van der Waals surface area contributed by atoms with E-state index in [4.69, 9.17) is 0 Å². The topological polar surface area (TPSA) is 60.9 Å². The van der Waals surface area contributed by atoms with Crippen molar-refractivity contribution in [3.05, 3.63) is 54.1 Å². The molecular formula is C18H20N2O3S. The molecule has 1 N–H and O–H groups in total. The maximum atomic E-state index is 12.6. The summed E-state index contributed by atoms with van der Waals surface area (Å²) in [7, 11) is -1.04. The molecule has 1 atom stereocenters. The molecule has 0 aliphatic carbocycles. The molecule has 1 amide bonds. The molecule has 1 unspecified atom stereocenters. The van der Waals surface area contributed by atoms with E-state index < -0.39 is 10.8 Å². The number of aromatic hydroxyl groups is 1. The highest BCUT2D eigenvalue weighted by atomic mass is 32.2. The van der Waals surface area contributed by atoms with E-state index in [-0.39, 0.29) is 11.7 Å². The molecule has 1 heterocycles. The summed E-state index contributed by atoms with van der Waals surface area (Å²) in [5.41, 5.74) is 1.42. The van der Waals surface area contributed by atoms with Gasteiger partial charge in [-0.05, 0) is 36.4 Å². The molecule has 24 heavy (non-hydrogen) atoms. The van der Waals surface area contributed by atoms with Crippen LogP contribution in [-0.4, -0.2) is 52.6 Å². The Morgan fingerprint density at radius 3 is 2.21 bits per heavy atom. The summed E-state index contributed by atoms with van der Waals surface area (Å²) in [5.74, 6) is 0.251. The van der Waals surface area contributed by atoms with Crippen LogP contribution in [0.1, 0.15) is 10.4 Å². The van der Waals surface area contributed by atoms with Gasteiger partial charge >= 0.3 is 0 Å². The molecule has 0 saturated carbocycles. The van der Waals surface area contributed by atoms with Gasteiger partial charge in [0.05, 0.1) is 5.69 Å². The number of piperazine rings is 1. The second-order valence-corrected chi connectivity index (χ2v) is 7.13. The number of amides is 1. The van der Waals surface area contributed by atoms with Crippen LogP contribution in [0.3, 0.4) is 0 Å². The fourth-order valence-corrected chi connectivity index (χ4v) is 3.37. The lowest BCUT2D eigenvalue weighted by atomic mass is 10.1. The van der Waals surface area contributed by atoms with Crippen molar-refractivity contribution in [2.45, 2.75) is 4.90 Å². The van der Waals surface area contributed by atoms with Crippen molar-refractivity contribution in [1.82, 2.24) is 4.90 Å². The molecule has 0 bridgehead atoms. The number of anilines is 1. The Bertz CT molecular complexity index is 753. The van der Waals surface area contributed by atoms with Crippen molar-refractivity contribution in [2.24, 2.45) is 0 Å². The highest BCUT2D eigenvalue weighted by Gasteiger charge is 2.23. The van der Waals surface area contributed by atoms with E-state index in [9.17, 15) is 14.1 Å². The van der Waals surface area contributed by atoms with Gasteiger partial charge in [0.25, 0.3) is 5.91 Å². The van der Waals surface area contributed by atoms with Crippen molar-refractivity contribution in [3.63, 3.8) is 0 Å². The first-order valence-corrected chi connectivity index (χ1v) is 9.38. The lowest BCUT2D eigenvalue weighted by molar-refractivity contribution is 0.0746. The maximum Gasteiger partial charge on any atom is 0.253 e. The van der Waals surface area contributed by atoms with Crippen LogP contribution in [0, 0.1) is 0 Å². The molecule has 6 heteroatoms. The molecule has 1 aliphatic rings. The van der Waals surface area contributed by atoms with Gasteiger partial charge in [0.1, 0.15) is 5.75 Å². The molecule has 0 spiro atoms. The summed E-state index contributed by atoms with van der Waals surface area (Å²) in [6, 6.07) is 14.2. The second-order valence-electron chi connectivity index (χ2n) is 5.75. The third-order valence-electron chi connectivity index (χ3n) is 4.22. The predicted octanol–water partition coefficient (Wildman–Crippen LogP) is 2.09. The molecule has 0 radical (unpaired) electrons. The molecule has 1 fully saturated rings. The predicted molar refractivity (Wildman–Crippen MR) is 95.0 cm³/mol. The Hall–Kier alpha value is -2.34. The van der Waals surface area contributed by atoms with Gasteiger partial charge in [-0.3, -0.25) is 9.00 Å². The number of para-hydroxylation sites is 2. The first kappa shape index (κ1) is 16.5. The molecule has 1 saturated heterocycles. The van der Waals surface area contributed by atoms with E-state index in [0.29, 0.717) is 31.7 Å². The Morgan fingerprint density at radius 2 is 1.62 bits per heavy atom. The summed E-state index contributed by atoms with van der Waals surface area (Å²) in [5, 5.41) is 9.94. The Labute approximate surface area is 144 Å². The lowest BCUT2D eigenvalue weighted by Gasteiger charge is -2.36. The zero-order valence-corrected chi connectivity index (χ0v) is 14.3. The number of rotatable bonds is 3. The Kier molecular flexibility index (Phi) is 4.85. The zero-order valence-electron chi connectivity index (χ0n) is 13.5. The number of carbonyl (C=O) groups is 1. The van der Waals surface area contributed by atoms with Crippen LogP contribution in [0.15, 0.2) is 53.4 Å². The number of phenolic OH excluding ortho intramolecular Hbond substituents is 1. The number of hydrogen-bond acceptors (Lipinski definition) is 4. The van der Waals surface area contributed by atoms with Crippen LogP contribution in [0.25, 0.3) is 0 Å². The fraction of sp³-hybridized carbons (Fsp3) is 0.278. The van der Waals surface area contributed by atoms with Gasteiger partial charge in [-0.1, -0.05) is 12.1 Å². The average Bonchev–Trinajstić information content (AvgIpc) is 2.62. The lowest BCUT2D eigenvalue weighted by Crippen LogP contribution is -2.48. The summed E-state index contributed by atoms with van der Waals surface area (Å²) in [4.78, 5) is 17.2. The SMILES string of the molecule is CS(=O)c1ccc(C(=O)N2CCN(c3ccccc3O)CC2)cc1. The quantitative estimate of drug-likeness (QED) is 0.926.